The Morgan fingerprint density at radius 1 is 1.24 bits per heavy atom. The van der Waals surface area contributed by atoms with Crippen LogP contribution in [-0.4, -0.2) is 27.2 Å². The minimum atomic E-state index is 0.446. The van der Waals surface area contributed by atoms with E-state index in [2.05, 4.69) is 30.7 Å². The van der Waals surface area contributed by atoms with Crippen molar-refractivity contribution in [3.63, 3.8) is 0 Å². The second-order valence-electron chi connectivity index (χ2n) is 3.53. The molecule has 0 radical (unpaired) electrons. The molecule has 7 nitrogen and oxygen atoms in total. The van der Waals surface area contributed by atoms with Crippen molar-refractivity contribution in [2.24, 2.45) is 0 Å². The number of hydrogen-bond donors (Lipinski definition) is 2. The summed E-state index contributed by atoms with van der Waals surface area (Å²) in [6, 6.07) is 0. The fraction of sp³-hybridized carbons (Fsp3) is 0.400. The monoisotopic (exact) mass is 234 g/mol. The van der Waals surface area contributed by atoms with E-state index in [1.165, 1.54) is 6.33 Å². The summed E-state index contributed by atoms with van der Waals surface area (Å²) in [5.41, 5.74) is 0.950. The van der Waals surface area contributed by atoms with E-state index in [0.717, 1.165) is 17.2 Å². The predicted molar refractivity (Wildman–Crippen MR) is 62.7 cm³/mol. The number of aryl methyl sites for hydroxylation is 1. The second-order valence-corrected chi connectivity index (χ2v) is 3.53. The molecule has 2 aromatic rings. The van der Waals surface area contributed by atoms with Gasteiger partial charge in [-0.25, -0.2) is 9.97 Å². The summed E-state index contributed by atoms with van der Waals surface area (Å²) < 4.78 is 5.00. The fourth-order valence-electron chi connectivity index (χ4n) is 1.45. The van der Waals surface area contributed by atoms with Crippen molar-refractivity contribution in [1.82, 2.24) is 20.1 Å². The van der Waals surface area contributed by atoms with Crippen molar-refractivity contribution in [2.75, 3.05) is 17.7 Å². The molecule has 0 amide bonds. The van der Waals surface area contributed by atoms with Crippen LogP contribution in [0.4, 0.5) is 11.6 Å². The van der Waals surface area contributed by atoms with Crippen LogP contribution < -0.4 is 10.6 Å². The van der Waals surface area contributed by atoms with Crippen molar-refractivity contribution < 1.29 is 4.52 Å². The van der Waals surface area contributed by atoms with Gasteiger partial charge in [-0.05, 0) is 13.8 Å². The highest BCUT2D eigenvalue weighted by Crippen LogP contribution is 2.17. The van der Waals surface area contributed by atoms with Gasteiger partial charge in [-0.3, -0.25) is 0 Å². The Bertz CT molecular complexity index is 509. The van der Waals surface area contributed by atoms with Crippen LogP contribution in [0.2, 0.25) is 0 Å². The molecule has 0 spiro atoms. The molecule has 0 bridgehead atoms. The number of hydrogen-bond acceptors (Lipinski definition) is 7. The maximum Gasteiger partial charge on any atom is 0.245 e. The quantitative estimate of drug-likeness (QED) is 0.819. The number of rotatable bonds is 4. The molecule has 0 aliphatic rings. The van der Waals surface area contributed by atoms with E-state index < -0.39 is 0 Å². The SMILES string of the molecule is CNc1ncnc(NCc2nc(C)no2)c1C. The molecule has 0 aliphatic heterocycles. The van der Waals surface area contributed by atoms with Gasteiger partial charge in [0.2, 0.25) is 5.89 Å². The molecule has 2 heterocycles. The zero-order chi connectivity index (χ0) is 12.3. The molecule has 0 aliphatic carbocycles. The Kier molecular flexibility index (Phi) is 3.17. The number of nitrogens with zero attached hydrogens (tertiary/aromatic N) is 4. The molecule has 0 aromatic carbocycles. The second kappa shape index (κ2) is 4.77. The lowest BCUT2D eigenvalue weighted by molar-refractivity contribution is 0.379. The average Bonchev–Trinajstić information content (AvgIpc) is 2.74. The molecule has 0 fully saturated rings. The van der Waals surface area contributed by atoms with Crippen LogP contribution in [0, 0.1) is 13.8 Å². The third-order valence-electron chi connectivity index (χ3n) is 2.30. The average molecular weight is 234 g/mol. The largest absolute Gasteiger partial charge is 0.373 e. The zero-order valence-electron chi connectivity index (χ0n) is 9.98. The highest BCUT2D eigenvalue weighted by atomic mass is 16.5. The van der Waals surface area contributed by atoms with Gasteiger partial charge in [-0.15, -0.1) is 0 Å². The first-order valence-electron chi connectivity index (χ1n) is 5.23. The Hall–Kier alpha value is -2.18. The summed E-state index contributed by atoms with van der Waals surface area (Å²) in [4.78, 5) is 12.4. The van der Waals surface area contributed by atoms with Gasteiger partial charge in [0.25, 0.3) is 0 Å². The third-order valence-corrected chi connectivity index (χ3v) is 2.30. The van der Waals surface area contributed by atoms with Crippen molar-refractivity contribution in [3.8, 4) is 0 Å². The van der Waals surface area contributed by atoms with E-state index in [-0.39, 0.29) is 0 Å². The van der Waals surface area contributed by atoms with E-state index in [9.17, 15) is 0 Å². The molecule has 2 rings (SSSR count). The Morgan fingerprint density at radius 3 is 2.65 bits per heavy atom. The lowest BCUT2D eigenvalue weighted by Crippen LogP contribution is -2.06. The molecule has 17 heavy (non-hydrogen) atoms. The highest BCUT2D eigenvalue weighted by Gasteiger charge is 2.07. The van der Waals surface area contributed by atoms with Crippen LogP contribution >= 0.6 is 0 Å². The van der Waals surface area contributed by atoms with E-state index >= 15 is 0 Å². The van der Waals surface area contributed by atoms with Crippen LogP contribution in [0.25, 0.3) is 0 Å². The Balaban J connectivity index is 2.09. The van der Waals surface area contributed by atoms with Gasteiger partial charge < -0.3 is 15.2 Å². The van der Waals surface area contributed by atoms with Crippen molar-refractivity contribution in [3.05, 3.63) is 23.6 Å². The fourth-order valence-corrected chi connectivity index (χ4v) is 1.45. The summed E-state index contributed by atoms with van der Waals surface area (Å²) in [6.07, 6.45) is 1.50. The third kappa shape index (κ3) is 2.49. The molecule has 7 heteroatoms. The predicted octanol–water partition coefficient (Wildman–Crippen LogP) is 1.13. The first-order valence-corrected chi connectivity index (χ1v) is 5.23. The topological polar surface area (TPSA) is 88.8 Å². The van der Waals surface area contributed by atoms with Gasteiger partial charge in [0.05, 0.1) is 6.54 Å². The lowest BCUT2D eigenvalue weighted by atomic mass is 10.3. The van der Waals surface area contributed by atoms with Gasteiger partial charge in [-0.2, -0.15) is 4.98 Å². The van der Waals surface area contributed by atoms with Gasteiger partial charge in [-0.1, -0.05) is 5.16 Å². The summed E-state index contributed by atoms with van der Waals surface area (Å²) >= 11 is 0. The minimum Gasteiger partial charge on any atom is -0.373 e. The molecule has 0 atom stereocenters. The van der Waals surface area contributed by atoms with E-state index in [1.54, 1.807) is 6.92 Å². The summed E-state index contributed by atoms with van der Waals surface area (Å²) in [7, 11) is 1.82. The first-order chi connectivity index (χ1) is 8.20. The Labute approximate surface area is 98.7 Å². The van der Waals surface area contributed by atoms with Crippen LogP contribution in [0.15, 0.2) is 10.9 Å². The number of nitrogens with one attached hydrogen (secondary N) is 2. The molecular formula is C10H14N6O. The molecule has 2 N–H and O–H groups in total. The number of anilines is 2. The Morgan fingerprint density at radius 2 is 2.00 bits per heavy atom. The van der Waals surface area contributed by atoms with Crippen LogP contribution in [0.3, 0.4) is 0 Å². The molecule has 0 saturated carbocycles. The minimum absolute atomic E-state index is 0.446. The molecule has 2 aromatic heterocycles. The number of aromatic nitrogens is 4. The van der Waals surface area contributed by atoms with Gasteiger partial charge in [0.1, 0.15) is 18.0 Å². The highest BCUT2D eigenvalue weighted by molar-refractivity contribution is 5.55. The first kappa shape index (κ1) is 11.3. The van der Waals surface area contributed by atoms with E-state index in [1.807, 2.05) is 14.0 Å². The maximum absolute atomic E-state index is 5.00. The van der Waals surface area contributed by atoms with Crippen LogP contribution in [0.5, 0.6) is 0 Å². The van der Waals surface area contributed by atoms with Gasteiger partial charge in [0, 0.05) is 12.6 Å². The molecular weight excluding hydrogens is 220 g/mol. The van der Waals surface area contributed by atoms with Crippen molar-refractivity contribution in [1.29, 1.82) is 0 Å². The van der Waals surface area contributed by atoms with Gasteiger partial charge >= 0.3 is 0 Å². The zero-order valence-corrected chi connectivity index (χ0v) is 9.98. The maximum atomic E-state index is 5.00. The van der Waals surface area contributed by atoms with Crippen molar-refractivity contribution >= 4 is 11.6 Å². The smallest absolute Gasteiger partial charge is 0.245 e. The van der Waals surface area contributed by atoms with Gasteiger partial charge in [0.15, 0.2) is 5.82 Å². The van der Waals surface area contributed by atoms with E-state index in [4.69, 9.17) is 4.52 Å². The molecule has 0 saturated heterocycles. The summed E-state index contributed by atoms with van der Waals surface area (Å²) in [5, 5.41) is 9.84. The van der Waals surface area contributed by atoms with Crippen LogP contribution in [-0.2, 0) is 6.54 Å². The normalized spacial score (nSPS) is 10.3. The lowest BCUT2D eigenvalue weighted by Gasteiger charge is -2.09. The molecule has 90 valence electrons. The van der Waals surface area contributed by atoms with Crippen LogP contribution in [0.1, 0.15) is 17.3 Å². The van der Waals surface area contributed by atoms with E-state index in [0.29, 0.717) is 18.3 Å². The van der Waals surface area contributed by atoms with Crippen molar-refractivity contribution in [2.45, 2.75) is 20.4 Å². The standard InChI is InChI=1S/C10H14N6O/c1-6-9(11-3)13-5-14-10(6)12-4-8-15-7(2)16-17-8/h5H,4H2,1-3H3,(H2,11,12,13,14). The molecule has 0 unspecified atom stereocenters. The summed E-state index contributed by atoms with van der Waals surface area (Å²) in [5.74, 6) is 2.70. The summed E-state index contributed by atoms with van der Waals surface area (Å²) in [6.45, 7) is 4.16.